The highest BCUT2D eigenvalue weighted by Crippen LogP contribution is 2.27. The van der Waals surface area contributed by atoms with Crippen molar-refractivity contribution in [3.05, 3.63) is 30.1 Å². The van der Waals surface area contributed by atoms with Crippen LogP contribution in [0.3, 0.4) is 0 Å². The molecule has 2 rings (SSSR count). The van der Waals surface area contributed by atoms with Crippen LogP contribution in [0.1, 0.15) is 32.5 Å². The normalized spacial score (nSPS) is 14.6. The first kappa shape index (κ1) is 12.6. The minimum Gasteiger partial charge on any atom is -0.481 e. The van der Waals surface area contributed by atoms with Crippen LogP contribution in [-0.4, -0.2) is 20.6 Å². The molecule has 0 radical (unpaired) electrons. The summed E-state index contributed by atoms with van der Waals surface area (Å²) in [4.78, 5) is 15.7. The van der Waals surface area contributed by atoms with Gasteiger partial charge < -0.3 is 9.67 Å². The molecule has 96 valence electrons. The first-order chi connectivity index (χ1) is 8.56. The lowest BCUT2D eigenvalue weighted by Gasteiger charge is -2.16. The number of hydrogen-bond donors (Lipinski definition) is 1. The SMILES string of the molecule is CCn1c(C(C)C(C)C(=O)O)nc2ccccc21. The lowest BCUT2D eigenvalue weighted by molar-refractivity contribution is -0.141. The number of carbonyl (C=O) groups is 1. The molecule has 1 heterocycles. The van der Waals surface area contributed by atoms with Crippen LogP contribution < -0.4 is 0 Å². The van der Waals surface area contributed by atoms with Gasteiger partial charge in [0, 0.05) is 12.5 Å². The Hall–Kier alpha value is -1.84. The minimum absolute atomic E-state index is 0.102. The van der Waals surface area contributed by atoms with Gasteiger partial charge in [0.2, 0.25) is 0 Å². The summed E-state index contributed by atoms with van der Waals surface area (Å²) in [6.07, 6.45) is 0. The summed E-state index contributed by atoms with van der Waals surface area (Å²) in [6, 6.07) is 7.91. The maximum atomic E-state index is 11.1. The van der Waals surface area contributed by atoms with E-state index in [1.54, 1.807) is 6.92 Å². The van der Waals surface area contributed by atoms with Crippen molar-refractivity contribution in [1.29, 1.82) is 0 Å². The summed E-state index contributed by atoms with van der Waals surface area (Å²) >= 11 is 0. The largest absolute Gasteiger partial charge is 0.481 e. The fourth-order valence-electron chi connectivity index (χ4n) is 2.21. The van der Waals surface area contributed by atoms with Crippen LogP contribution in [-0.2, 0) is 11.3 Å². The Morgan fingerprint density at radius 3 is 2.67 bits per heavy atom. The van der Waals surface area contributed by atoms with E-state index in [0.29, 0.717) is 0 Å². The molecule has 0 saturated carbocycles. The molecule has 0 aliphatic rings. The van der Waals surface area contributed by atoms with Crippen molar-refractivity contribution < 1.29 is 9.90 Å². The van der Waals surface area contributed by atoms with Gasteiger partial charge in [-0.1, -0.05) is 26.0 Å². The molecule has 0 saturated heterocycles. The fraction of sp³-hybridized carbons (Fsp3) is 0.429. The molecule has 1 N–H and O–H groups in total. The van der Waals surface area contributed by atoms with Crippen LogP contribution >= 0.6 is 0 Å². The number of rotatable bonds is 4. The van der Waals surface area contributed by atoms with Crippen LogP contribution in [0.25, 0.3) is 11.0 Å². The maximum absolute atomic E-state index is 11.1. The highest BCUT2D eigenvalue weighted by molar-refractivity contribution is 5.76. The second-order valence-corrected chi connectivity index (χ2v) is 4.62. The van der Waals surface area contributed by atoms with Crippen LogP contribution in [0.5, 0.6) is 0 Å². The molecular weight excluding hydrogens is 228 g/mol. The Bertz CT molecular complexity index is 574. The Morgan fingerprint density at radius 1 is 1.39 bits per heavy atom. The summed E-state index contributed by atoms with van der Waals surface area (Å²) in [5.41, 5.74) is 2.00. The summed E-state index contributed by atoms with van der Waals surface area (Å²) in [5.74, 6) is -0.465. The predicted octanol–water partition coefficient (Wildman–Crippen LogP) is 2.88. The molecule has 2 aromatic rings. The zero-order chi connectivity index (χ0) is 13.3. The van der Waals surface area contributed by atoms with E-state index in [9.17, 15) is 4.79 Å². The van der Waals surface area contributed by atoms with E-state index in [2.05, 4.69) is 16.5 Å². The highest BCUT2D eigenvalue weighted by Gasteiger charge is 2.25. The third-order valence-electron chi connectivity index (χ3n) is 3.55. The zero-order valence-electron chi connectivity index (χ0n) is 10.9. The highest BCUT2D eigenvalue weighted by atomic mass is 16.4. The molecule has 18 heavy (non-hydrogen) atoms. The van der Waals surface area contributed by atoms with E-state index in [1.165, 1.54) is 0 Å². The molecule has 4 nitrogen and oxygen atoms in total. The van der Waals surface area contributed by atoms with E-state index in [-0.39, 0.29) is 5.92 Å². The van der Waals surface area contributed by atoms with Gasteiger partial charge >= 0.3 is 5.97 Å². The minimum atomic E-state index is -0.780. The third kappa shape index (κ3) is 1.98. The zero-order valence-corrected chi connectivity index (χ0v) is 10.9. The van der Waals surface area contributed by atoms with E-state index in [4.69, 9.17) is 5.11 Å². The lowest BCUT2D eigenvalue weighted by Crippen LogP contribution is -2.19. The smallest absolute Gasteiger partial charge is 0.306 e. The number of imidazole rings is 1. The van der Waals surface area contributed by atoms with Gasteiger partial charge in [-0.25, -0.2) is 4.98 Å². The summed E-state index contributed by atoms with van der Waals surface area (Å²) in [6.45, 7) is 6.50. The molecule has 1 aromatic carbocycles. The van der Waals surface area contributed by atoms with E-state index in [0.717, 1.165) is 23.4 Å². The number of carboxylic acids is 1. The molecule has 2 atom stereocenters. The molecule has 4 heteroatoms. The predicted molar refractivity (Wildman–Crippen MR) is 70.6 cm³/mol. The molecule has 0 amide bonds. The van der Waals surface area contributed by atoms with Gasteiger partial charge in [0.05, 0.1) is 17.0 Å². The molecular formula is C14H18N2O2. The van der Waals surface area contributed by atoms with Gasteiger partial charge in [-0.15, -0.1) is 0 Å². The van der Waals surface area contributed by atoms with Crippen molar-refractivity contribution in [2.24, 2.45) is 5.92 Å². The number of aliphatic carboxylic acids is 1. The van der Waals surface area contributed by atoms with Crippen LogP contribution in [0.4, 0.5) is 0 Å². The second kappa shape index (κ2) is 4.80. The van der Waals surface area contributed by atoms with E-state index >= 15 is 0 Å². The molecule has 0 aliphatic carbocycles. The van der Waals surface area contributed by atoms with Gasteiger partial charge in [-0.05, 0) is 19.1 Å². The van der Waals surface area contributed by atoms with E-state index < -0.39 is 11.9 Å². The first-order valence-electron chi connectivity index (χ1n) is 6.24. The quantitative estimate of drug-likeness (QED) is 0.902. The van der Waals surface area contributed by atoms with Gasteiger partial charge in [-0.3, -0.25) is 4.79 Å². The Kier molecular flexibility index (Phi) is 3.36. The first-order valence-corrected chi connectivity index (χ1v) is 6.24. The summed E-state index contributed by atoms with van der Waals surface area (Å²) in [7, 11) is 0. The maximum Gasteiger partial charge on any atom is 0.306 e. The fourth-order valence-corrected chi connectivity index (χ4v) is 2.21. The average molecular weight is 246 g/mol. The topological polar surface area (TPSA) is 55.1 Å². The number of carboxylic acid groups (broad SMARTS) is 1. The van der Waals surface area contributed by atoms with Crippen molar-refractivity contribution in [2.75, 3.05) is 0 Å². The standard InChI is InChI=1S/C14H18N2O2/c1-4-16-12-8-6-5-7-11(12)15-13(16)9(2)10(3)14(17)18/h5-10H,4H2,1-3H3,(H,17,18). The van der Waals surface area contributed by atoms with Crippen LogP contribution in [0.2, 0.25) is 0 Å². The number of hydrogen-bond acceptors (Lipinski definition) is 2. The van der Waals surface area contributed by atoms with Gasteiger partial charge in [-0.2, -0.15) is 0 Å². The Balaban J connectivity index is 2.53. The number of nitrogens with zero attached hydrogens (tertiary/aromatic N) is 2. The molecule has 0 bridgehead atoms. The monoisotopic (exact) mass is 246 g/mol. The number of para-hydroxylation sites is 2. The molecule has 2 unspecified atom stereocenters. The summed E-state index contributed by atoms with van der Waals surface area (Å²) < 4.78 is 2.10. The number of benzene rings is 1. The number of aromatic nitrogens is 2. The van der Waals surface area contributed by atoms with Gasteiger partial charge in [0.25, 0.3) is 0 Å². The molecule has 0 aliphatic heterocycles. The van der Waals surface area contributed by atoms with Gasteiger partial charge in [0.1, 0.15) is 5.82 Å². The Labute approximate surface area is 106 Å². The van der Waals surface area contributed by atoms with Crippen molar-refractivity contribution in [3.8, 4) is 0 Å². The van der Waals surface area contributed by atoms with Crippen molar-refractivity contribution in [3.63, 3.8) is 0 Å². The van der Waals surface area contributed by atoms with Crippen molar-refractivity contribution in [2.45, 2.75) is 33.2 Å². The lowest BCUT2D eigenvalue weighted by atomic mass is 9.95. The molecule has 1 aromatic heterocycles. The van der Waals surface area contributed by atoms with Crippen LogP contribution in [0.15, 0.2) is 24.3 Å². The van der Waals surface area contributed by atoms with Crippen molar-refractivity contribution in [1.82, 2.24) is 9.55 Å². The van der Waals surface area contributed by atoms with Gasteiger partial charge in [0.15, 0.2) is 0 Å². The Morgan fingerprint density at radius 2 is 2.06 bits per heavy atom. The third-order valence-corrected chi connectivity index (χ3v) is 3.55. The number of aryl methyl sites for hydroxylation is 1. The number of fused-ring (bicyclic) bond motifs is 1. The second-order valence-electron chi connectivity index (χ2n) is 4.62. The average Bonchev–Trinajstić information content (AvgIpc) is 2.75. The summed E-state index contributed by atoms with van der Waals surface area (Å²) in [5, 5.41) is 9.12. The molecule has 0 spiro atoms. The van der Waals surface area contributed by atoms with E-state index in [1.807, 2.05) is 31.2 Å². The van der Waals surface area contributed by atoms with Crippen molar-refractivity contribution >= 4 is 17.0 Å². The van der Waals surface area contributed by atoms with Crippen LogP contribution in [0, 0.1) is 5.92 Å². The molecule has 0 fully saturated rings.